The number of hydrogen-bond acceptors (Lipinski definition) is 3. The number of likely N-dealkylation sites (tertiary alicyclic amines) is 1. The van der Waals surface area contributed by atoms with Gasteiger partial charge in [0, 0.05) is 37.8 Å². The third-order valence-corrected chi connectivity index (χ3v) is 6.59. The van der Waals surface area contributed by atoms with Crippen molar-refractivity contribution in [3.05, 3.63) is 58.5 Å². The minimum absolute atomic E-state index is 0.0423. The van der Waals surface area contributed by atoms with Crippen LogP contribution in [-0.4, -0.2) is 41.5 Å². The van der Waals surface area contributed by atoms with Gasteiger partial charge in [0.05, 0.1) is 10.6 Å². The van der Waals surface area contributed by atoms with E-state index in [1.54, 1.807) is 6.07 Å². The second-order valence-corrected chi connectivity index (χ2v) is 8.86. The highest BCUT2D eigenvalue weighted by molar-refractivity contribution is 6.33. The van der Waals surface area contributed by atoms with Crippen LogP contribution in [0.3, 0.4) is 0 Å². The molecule has 32 heavy (non-hydrogen) atoms. The lowest BCUT2D eigenvalue weighted by Crippen LogP contribution is -2.45. The molecule has 1 unspecified atom stereocenters. The van der Waals surface area contributed by atoms with E-state index in [2.05, 4.69) is 4.98 Å². The summed E-state index contributed by atoms with van der Waals surface area (Å²) in [6, 6.07) is 7.44. The van der Waals surface area contributed by atoms with Gasteiger partial charge in [0.2, 0.25) is 5.91 Å². The lowest BCUT2D eigenvalue weighted by molar-refractivity contribution is -0.138. The fraction of sp³-hybridized carbons (Fsp3) is 0.478. The van der Waals surface area contributed by atoms with Gasteiger partial charge in [-0.3, -0.25) is 4.79 Å². The number of amides is 1. The number of pyridine rings is 1. The summed E-state index contributed by atoms with van der Waals surface area (Å²) >= 11 is 6.07. The quantitative estimate of drug-likeness (QED) is 0.567. The minimum Gasteiger partial charge on any atom is -0.355 e. The first kappa shape index (κ1) is 22.8. The zero-order chi connectivity index (χ0) is 22.9. The summed E-state index contributed by atoms with van der Waals surface area (Å²) in [7, 11) is 0. The molecule has 9 heteroatoms. The van der Waals surface area contributed by atoms with E-state index in [9.17, 15) is 22.4 Å². The van der Waals surface area contributed by atoms with Crippen molar-refractivity contribution in [3.63, 3.8) is 0 Å². The Morgan fingerprint density at radius 2 is 1.88 bits per heavy atom. The number of piperidine rings is 1. The Bertz CT molecular complexity index is 976. The molecular weight excluding hydrogens is 446 g/mol. The number of hydrogen-bond donors (Lipinski definition) is 0. The predicted molar refractivity (Wildman–Crippen MR) is 114 cm³/mol. The van der Waals surface area contributed by atoms with E-state index in [-0.39, 0.29) is 28.7 Å². The molecule has 2 saturated heterocycles. The van der Waals surface area contributed by atoms with Crippen LogP contribution in [0.25, 0.3) is 0 Å². The average Bonchev–Trinajstić information content (AvgIpc) is 3.21. The van der Waals surface area contributed by atoms with Crippen LogP contribution in [0.4, 0.5) is 23.4 Å². The fourth-order valence-corrected chi connectivity index (χ4v) is 4.95. The number of benzene rings is 1. The second kappa shape index (κ2) is 9.25. The number of alkyl halides is 3. The predicted octanol–water partition coefficient (Wildman–Crippen LogP) is 5.34. The fourth-order valence-electron chi connectivity index (χ4n) is 4.67. The van der Waals surface area contributed by atoms with Crippen LogP contribution >= 0.6 is 11.6 Å². The molecule has 0 aliphatic carbocycles. The zero-order valence-electron chi connectivity index (χ0n) is 17.4. The van der Waals surface area contributed by atoms with E-state index in [0.29, 0.717) is 44.7 Å². The third-order valence-electron chi connectivity index (χ3n) is 6.31. The summed E-state index contributed by atoms with van der Waals surface area (Å²) in [4.78, 5) is 20.9. The van der Waals surface area contributed by atoms with Crippen LogP contribution in [-0.2, 0) is 17.4 Å². The van der Waals surface area contributed by atoms with E-state index in [1.165, 1.54) is 12.1 Å². The van der Waals surface area contributed by atoms with Crippen molar-refractivity contribution in [3.8, 4) is 0 Å². The lowest BCUT2D eigenvalue weighted by atomic mass is 9.94. The first-order chi connectivity index (χ1) is 15.2. The summed E-state index contributed by atoms with van der Waals surface area (Å²) in [5.74, 6) is -0.000359. The van der Waals surface area contributed by atoms with Crippen molar-refractivity contribution >= 4 is 23.3 Å². The van der Waals surface area contributed by atoms with Gasteiger partial charge in [-0.15, -0.1) is 0 Å². The number of nitrogens with zero attached hydrogens (tertiary/aromatic N) is 3. The molecule has 4 nitrogen and oxygen atoms in total. The molecule has 0 radical (unpaired) electrons. The smallest absolute Gasteiger partial charge is 0.355 e. The number of carbonyl (C=O) groups is 1. The molecule has 4 rings (SSSR count). The van der Waals surface area contributed by atoms with E-state index in [4.69, 9.17) is 11.6 Å². The van der Waals surface area contributed by atoms with Crippen LogP contribution in [0.2, 0.25) is 5.02 Å². The van der Waals surface area contributed by atoms with E-state index < -0.39 is 11.7 Å². The van der Waals surface area contributed by atoms with Crippen molar-refractivity contribution in [2.75, 3.05) is 24.5 Å². The molecule has 0 spiro atoms. The standard InChI is InChI=1S/C23H24ClF4N3O/c24-20-13-17(23(26,27)28)14-29-21(20)30-9-6-16(7-10-30)22(32)31-8-2-5-19(31)12-15-3-1-4-18(25)11-15/h1,3-4,11,13-14,16,19H,2,5-10,12H2. The highest BCUT2D eigenvalue weighted by Crippen LogP contribution is 2.35. The van der Waals surface area contributed by atoms with Crippen molar-refractivity contribution in [2.24, 2.45) is 5.92 Å². The topological polar surface area (TPSA) is 36.4 Å². The van der Waals surface area contributed by atoms with Crippen molar-refractivity contribution in [2.45, 2.75) is 44.3 Å². The Balaban J connectivity index is 1.37. The maximum Gasteiger partial charge on any atom is 0.417 e. The van der Waals surface area contributed by atoms with Gasteiger partial charge in [0.1, 0.15) is 11.6 Å². The number of anilines is 1. The van der Waals surface area contributed by atoms with E-state index in [0.717, 1.165) is 30.7 Å². The van der Waals surface area contributed by atoms with E-state index >= 15 is 0 Å². The molecule has 1 amide bonds. The molecule has 0 bridgehead atoms. The van der Waals surface area contributed by atoms with Crippen LogP contribution in [0.1, 0.15) is 36.8 Å². The molecule has 1 atom stereocenters. The average molecular weight is 470 g/mol. The number of rotatable bonds is 4. The summed E-state index contributed by atoms with van der Waals surface area (Å²) in [5, 5.41) is -0.0423. The molecule has 1 aromatic heterocycles. The molecule has 2 aromatic rings. The molecule has 0 N–H and O–H groups in total. The zero-order valence-corrected chi connectivity index (χ0v) is 18.2. The monoisotopic (exact) mass is 469 g/mol. The first-order valence-electron chi connectivity index (χ1n) is 10.7. The number of carbonyl (C=O) groups excluding carboxylic acids is 1. The van der Waals surface area contributed by atoms with Gasteiger partial charge in [-0.05, 0) is 55.9 Å². The van der Waals surface area contributed by atoms with Crippen molar-refractivity contribution in [1.82, 2.24) is 9.88 Å². The molecular formula is C23H24ClF4N3O. The van der Waals surface area contributed by atoms with Gasteiger partial charge in [-0.1, -0.05) is 23.7 Å². The Kier molecular flexibility index (Phi) is 6.60. The molecule has 2 aliphatic rings. The van der Waals surface area contributed by atoms with Crippen LogP contribution in [0, 0.1) is 11.7 Å². The van der Waals surface area contributed by atoms with Crippen LogP contribution in [0.15, 0.2) is 36.5 Å². The van der Waals surface area contributed by atoms with Crippen LogP contribution in [0.5, 0.6) is 0 Å². The van der Waals surface area contributed by atoms with Gasteiger partial charge in [0.15, 0.2) is 0 Å². The summed E-state index contributed by atoms with van der Waals surface area (Å²) in [5.41, 5.74) is 0.00206. The SMILES string of the molecule is O=C(C1CCN(c2ncc(C(F)(F)F)cc2Cl)CC1)N1CCCC1Cc1cccc(F)c1. The normalized spacial score (nSPS) is 20.1. The van der Waals surface area contributed by atoms with Crippen molar-refractivity contribution in [1.29, 1.82) is 0 Å². The number of aromatic nitrogens is 1. The van der Waals surface area contributed by atoms with Crippen LogP contribution < -0.4 is 4.90 Å². The van der Waals surface area contributed by atoms with E-state index in [1.807, 2.05) is 15.9 Å². The maximum atomic E-state index is 13.5. The maximum absolute atomic E-state index is 13.5. The molecule has 3 heterocycles. The Morgan fingerprint density at radius 1 is 1.12 bits per heavy atom. The molecule has 0 saturated carbocycles. The lowest BCUT2D eigenvalue weighted by Gasteiger charge is -2.35. The number of halogens is 5. The van der Waals surface area contributed by atoms with Gasteiger partial charge >= 0.3 is 6.18 Å². The molecule has 2 aliphatic heterocycles. The van der Waals surface area contributed by atoms with Gasteiger partial charge in [0.25, 0.3) is 0 Å². The Morgan fingerprint density at radius 3 is 2.53 bits per heavy atom. The largest absolute Gasteiger partial charge is 0.417 e. The third kappa shape index (κ3) is 5.00. The van der Waals surface area contributed by atoms with Gasteiger partial charge in [-0.2, -0.15) is 13.2 Å². The summed E-state index contributed by atoms with van der Waals surface area (Å²) in [6.45, 7) is 1.69. The molecule has 172 valence electrons. The second-order valence-electron chi connectivity index (χ2n) is 8.45. The highest BCUT2D eigenvalue weighted by Gasteiger charge is 2.36. The minimum atomic E-state index is -4.49. The Labute approximate surface area is 189 Å². The Hall–Kier alpha value is -2.35. The summed E-state index contributed by atoms with van der Waals surface area (Å²) < 4.78 is 52.1. The highest BCUT2D eigenvalue weighted by atomic mass is 35.5. The van der Waals surface area contributed by atoms with Crippen molar-refractivity contribution < 1.29 is 22.4 Å². The van der Waals surface area contributed by atoms with Gasteiger partial charge < -0.3 is 9.80 Å². The molecule has 1 aromatic carbocycles. The molecule has 2 fully saturated rings. The van der Waals surface area contributed by atoms with Gasteiger partial charge in [-0.25, -0.2) is 9.37 Å². The summed E-state index contributed by atoms with van der Waals surface area (Å²) in [6.07, 6.45) is -0.0799. The first-order valence-corrected chi connectivity index (χ1v) is 11.1.